The van der Waals surface area contributed by atoms with E-state index in [-0.39, 0.29) is 5.91 Å². The molecule has 14 heavy (non-hydrogen) atoms. The van der Waals surface area contributed by atoms with Crippen molar-refractivity contribution in [1.82, 2.24) is 5.32 Å². The number of nitrogens with one attached hydrogen (secondary N) is 1. The second-order valence-electron chi connectivity index (χ2n) is 2.42. The minimum Gasteiger partial charge on any atom is -0.323 e. The van der Waals surface area contributed by atoms with E-state index in [0.717, 1.165) is 0 Å². The molecule has 0 aromatic rings. The molecule has 2 nitrogen and oxygen atoms in total. The molecule has 0 saturated heterocycles. The second kappa shape index (κ2) is 7.80. The topological polar surface area (TPSA) is 29.1 Å². The van der Waals surface area contributed by atoms with E-state index in [4.69, 9.17) is 0 Å². The molecule has 0 bridgehead atoms. The van der Waals surface area contributed by atoms with E-state index in [1.807, 2.05) is 6.92 Å². The minimum atomic E-state index is -0.174. The molecule has 1 N–H and O–H groups in total. The van der Waals surface area contributed by atoms with Crippen LogP contribution < -0.4 is 5.32 Å². The summed E-state index contributed by atoms with van der Waals surface area (Å²) in [7, 11) is 0. The fourth-order valence-corrected chi connectivity index (χ4v) is 0.711. The average molecular weight is 189 g/mol. The van der Waals surface area contributed by atoms with Crippen LogP contribution in [-0.2, 0) is 4.79 Å². The van der Waals surface area contributed by atoms with Crippen molar-refractivity contribution >= 4 is 5.91 Å². The SMILES string of the molecule is C=C/C=C\C=C\C(=O)N/C(C=C)=C/C. The Hall–Kier alpha value is -1.83. The van der Waals surface area contributed by atoms with Crippen molar-refractivity contribution in [2.24, 2.45) is 0 Å². The Morgan fingerprint density at radius 3 is 2.43 bits per heavy atom. The lowest BCUT2D eigenvalue weighted by molar-refractivity contribution is -0.115. The summed E-state index contributed by atoms with van der Waals surface area (Å²) in [6, 6.07) is 0. The standard InChI is InChI=1S/C12H15NO/c1-4-7-8-9-10-12(14)13-11(5-2)6-3/h4-10H,1-2H2,3H3,(H,13,14)/b8-7-,10-9+,11-6+. The summed E-state index contributed by atoms with van der Waals surface area (Å²) in [5.41, 5.74) is 0.701. The van der Waals surface area contributed by atoms with Crippen LogP contribution in [0.3, 0.4) is 0 Å². The van der Waals surface area contributed by atoms with Crippen LogP contribution in [0.4, 0.5) is 0 Å². The zero-order valence-electron chi connectivity index (χ0n) is 8.36. The Labute approximate surface area is 85.0 Å². The number of carbonyl (C=O) groups excluding carboxylic acids is 1. The zero-order valence-corrected chi connectivity index (χ0v) is 8.36. The third-order valence-corrected chi connectivity index (χ3v) is 1.40. The van der Waals surface area contributed by atoms with Crippen LogP contribution >= 0.6 is 0 Å². The lowest BCUT2D eigenvalue weighted by Gasteiger charge is -1.99. The Morgan fingerprint density at radius 2 is 1.93 bits per heavy atom. The molecule has 0 heterocycles. The van der Waals surface area contributed by atoms with Crippen molar-refractivity contribution in [3.8, 4) is 0 Å². The summed E-state index contributed by atoms with van der Waals surface area (Å²) in [6.07, 6.45) is 11.6. The second-order valence-corrected chi connectivity index (χ2v) is 2.42. The first kappa shape index (κ1) is 12.2. The molecule has 0 aliphatic rings. The fraction of sp³-hybridized carbons (Fsp3) is 0.0833. The Bertz CT molecular complexity index is 295. The van der Waals surface area contributed by atoms with Crippen LogP contribution in [0.25, 0.3) is 0 Å². The molecule has 0 fully saturated rings. The Morgan fingerprint density at radius 1 is 1.21 bits per heavy atom. The molecule has 1 amide bonds. The number of allylic oxidation sites excluding steroid dienone is 6. The first-order valence-electron chi connectivity index (χ1n) is 4.30. The molecule has 0 radical (unpaired) electrons. The Kier molecular flexibility index (Phi) is 6.78. The highest BCUT2D eigenvalue weighted by Crippen LogP contribution is 1.89. The highest BCUT2D eigenvalue weighted by atomic mass is 16.1. The molecule has 0 aromatic carbocycles. The summed E-state index contributed by atoms with van der Waals surface area (Å²) in [6.45, 7) is 8.90. The molecule has 0 aliphatic carbocycles. The number of hydrogen-bond acceptors (Lipinski definition) is 1. The molecule has 0 aromatic heterocycles. The van der Waals surface area contributed by atoms with Gasteiger partial charge in [0.1, 0.15) is 0 Å². The van der Waals surface area contributed by atoms with Crippen LogP contribution in [-0.4, -0.2) is 5.91 Å². The zero-order chi connectivity index (χ0) is 10.8. The van der Waals surface area contributed by atoms with Crippen LogP contribution in [0.1, 0.15) is 6.92 Å². The molecule has 0 unspecified atom stereocenters. The van der Waals surface area contributed by atoms with Gasteiger partial charge in [0, 0.05) is 11.8 Å². The van der Waals surface area contributed by atoms with Gasteiger partial charge in [0.25, 0.3) is 0 Å². The minimum absolute atomic E-state index is 0.174. The Balaban J connectivity index is 4.10. The largest absolute Gasteiger partial charge is 0.323 e. The maximum atomic E-state index is 11.2. The molecular formula is C12H15NO. The first-order chi connectivity index (χ1) is 6.74. The van der Waals surface area contributed by atoms with Crippen LogP contribution in [0.15, 0.2) is 61.4 Å². The molecule has 0 atom stereocenters. The third kappa shape index (κ3) is 5.77. The summed E-state index contributed by atoms with van der Waals surface area (Å²) >= 11 is 0. The number of hydrogen-bond donors (Lipinski definition) is 1. The highest BCUT2D eigenvalue weighted by molar-refractivity contribution is 5.89. The predicted molar refractivity (Wildman–Crippen MR) is 60.6 cm³/mol. The lowest BCUT2D eigenvalue weighted by Crippen LogP contribution is -2.18. The van der Waals surface area contributed by atoms with E-state index in [9.17, 15) is 4.79 Å². The van der Waals surface area contributed by atoms with Crippen molar-refractivity contribution in [3.63, 3.8) is 0 Å². The van der Waals surface area contributed by atoms with Crippen LogP contribution in [0.5, 0.6) is 0 Å². The van der Waals surface area contributed by atoms with Crippen molar-refractivity contribution in [2.45, 2.75) is 6.92 Å². The maximum absolute atomic E-state index is 11.2. The molecule has 0 rings (SSSR count). The number of amides is 1. The van der Waals surface area contributed by atoms with Gasteiger partial charge in [-0.2, -0.15) is 0 Å². The summed E-state index contributed by atoms with van der Waals surface area (Å²) in [5.74, 6) is -0.174. The van der Waals surface area contributed by atoms with E-state index in [0.29, 0.717) is 5.70 Å². The van der Waals surface area contributed by atoms with Crippen LogP contribution in [0.2, 0.25) is 0 Å². The van der Waals surface area contributed by atoms with Gasteiger partial charge in [0.15, 0.2) is 0 Å². The van der Waals surface area contributed by atoms with Gasteiger partial charge >= 0.3 is 0 Å². The van der Waals surface area contributed by atoms with Crippen LogP contribution in [0, 0.1) is 0 Å². The summed E-state index contributed by atoms with van der Waals surface area (Å²) in [4.78, 5) is 11.2. The van der Waals surface area contributed by atoms with Crippen molar-refractivity contribution < 1.29 is 4.79 Å². The summed E-state index contributed by atoms with van der Waals surface area (Å²) < 4.78 is 0. The fourth-order valence-electron chi connectivity index (χ4n) is 0.711. The van der Waals surface area contributed by atoms with Gasteiger partial charge in [-0.15, -0.1) is 0 Å². The van der Waals surface area contributed by atoms with Gasteiger partial charge in [-0.05, 0) is 13.0 Å². The van der Waals surface area contributed by atoms with E-state index >= 15 is 0 Å². The van der Waals surface area contributed by atoms with Gasteiger partial charge < -0.3 is 5.32 Å². The van der Waals surface area contributed by atoms with Gasteiger partial charge in [-0.1, -0.05) is 43.5 Å². The van der Waals surface area contributed by atoms with Gasteiger partial charge in [-0.25, -0.2) is 0 Å². The monoisotopic (exact) mass is 189 g/mol. The summed E-state index contributed by atoms with van der Waals surface area (Å²) in [5, 5.41) is 2.65. The molecule has 0 aliphatic heterocycles. The van der Waals surface area contributed by atoms with Crippen molar-refractivity contribution in [2.75, 3.05) is 0 Å². The molecule has 2 heteroatoms. The third-order valence-electron chi connectivity index (χ3n) is 1.40. The van der Waals surface area contributed by atoms with E-state index in [1.165, 1.54) is 6.08 Å². The average Bonchev–Trinajstić information content (AvgIpc) is 2.21. The highest BCUT2D eigenvalue weighted by Gasteiger charge is 1.93. The van der Waals surface area contributed by atoms with E-state index in [2.05, 4.69) is 18.5 Å². The predicted octanol–water partition coefficient (Wildman–Crippen LogP) is 2.49. The van der Waals surface area contributed by atoms with E-state index in [1.54, 1.807) is 36.5 Å². The maximum Gasteiger partial charge on any atom is 0.248 e. The quantitative estimate of drug-likeness (QED) is 0.522. The lowest BCUT2D eigenvalue weighted by atomic mass is 10.3. The molecule has 0 spiro atoms. The van der Waals surface area contributed by atoms with Crippen molar-refractivity contribution in [1.29, 1.82) is 0 Å². The van der Waals surface area contributed by atoms with Crippen molar-refractivity contribution in [3.05, 3.63) is 61.4 Å². The van der Waals surface area contributed by atoms with Gasteiger partial charge in [-0.3, -0.25) is 4.79 Å². The number of rotatable bonds is 5. The van der Waals surface area contributed by atoms with Gasteiger partial charge in [0.05, 0.1) is 0 Å². The first-order valence-corrected chi connectivity index (χ1v) is 4.30. The number of carbonyl (C=O) groups is 1. The molecule has 0 saturated carbocycles. The molecule has 74 valence electrons. The van der Waals surface area contributed by atoms with E-state index < -0.39 is 0 Å². The molecular weight excluding hydrogens is 174 g/mol. The van der Waals surface area contributed by atoms with Gasteiger partial charge in [0.2, 0.25) is 5.91 Å². The normalized spacial score (nSPS) is 11.9. The smallest absolute Gasteiger partial charge is 0.248 e.